The van der Waals surface area contributed by atoms with E-state index >= 15 is 4.39 Å². The Balaban J connectivity index is 1.48. The van der Waals surface area contributed by atoms with Crippen LogP contribution in [0.3, 0.4) is 0 Å². The zero-order valence-electron chi connectivity index (χ0n) is 20.4. The molecule has 9 heteroatoms. The fourth-order valence-corrected chi connectivity index (χ4v) is 5.15. The maximum Gasteiger partial charge on any atom is 0.259 e. The van der Waals surface area contributed by atoms with Crippen molar-refractivity contribution in [3.05, 3.63) is 88.7 Å². The van der Waals surface area contributed by atoms with E-state index in [0.717, 1.165) is 6.42 Å². The van der Waals surface area contributed by atoms with Crippen LogP contribution < -0.4 is 25.4 Å². The van der Waals surface area contributed by atoms with Gasteiger partial charge in [0.1, 0.15) is 16.8 Å². The molecule has 2 aliphatic heterocycles. The maximum atomic E-state index is 15.6. The van der Waals surface area contributed by atoms with Crippen LogP contribution in [0.1, 0.15) is 16.8 Å². The first kappa shape index (κ1) is 23.2. The largest absolute Gasteiger partial charge is 0.451 e. The van der Waals surface area contributed by atoms with Crippen LogP contribution in [0.25, 0.3) is 16.6 Å². The molecule has 0 saturated carbocycles. The van der Waals surface area contributed by atoms with Crippen LogP contribution in [-0.4, -0.2) is 48.1 Å². The topological polar surface area (TPSA) is 84.7 Å². The molecule has 188 valence electrons. The van der Waals surface area contributed by atoms with E-state index < -0.39 is 17.2 Å². The third kappa shape index (κ3) is 3.92. The van der Waals surface area contributed by atoms with Gasteiger partial charge < -0.3 is 24.8 Å². The van der Waals surface area contributed by atoms with Crippen molar-refractivity contribution >= 4 is 22.5 Å². The van der Waals surface area contributed by atoms with Crippen molar-refractivity contribution in [3.63, 3.8) is 0 Å². The molecule has 2 N–H and O–H groups in total. The molecule has 0 bridgehead atoms. The van der Waals surface area contributed by atoms with Gasteiger partial charge in [-0.1, -0.05) is 18.2 Å². The monoisotopic (exact) mass is 500 g/mol. The number of nitrogens with two attached hydrogens (primary N) is 1. The fraction of sp³-hybridized carbons (Fsp3) is 0.250. The Kier molecular flexibility index (Phi) is 5.64. The molecule has 1 unspecified atom stereocenters. The van der Waals surface area contributed by atoms with Crippen molar-refractivity contribution in [3.8, 4) is 17.2 Å². The van der Waals surface area contributed by atoms with Gasteiger partial charge in [-0.2, -0.15) is 0 Å². The number of nitrogens with zero attached hydrogens (tertiary/aromatic N) is 4. The van der Waals surface area contributed by atoms with Crippen molar-refractivity contribution in [2.24, 2.45) is 5.73 Å². The summed E-state index contributed by atoms with van der Waals surface area (Å²) in [5, 5.41) is 0.103. The molecule has 37 heavy (non-hydrogen) atoms. The van der Waals surface area contributed by atoms with E-state index in [1.165, 1.54) is 11.0 Å². The van der Waals surface area contributed by atoms with E-state index in [0.29, 0.717) is 48.8 Å². The van der Waals surface area contributed by atoms with Crippen LogP contribution in [0.2, 0.25) is 0 Å². The van der Waals surface area contributed by atoms with Crippen LogP contribution in [0.5, 0.6) is 11.5 Å². The number of pyridine rings is 2. The van der Waals surface area contributed by atoms with E-state index in [9.17, 15) is 9.59 Å². The molecule has 4 aromatic rings. The minimum absolute atomic E-state index is 0.0222. The summed E-state index contributed by atoms with van der Waals surface area (Å²) in [6.07, 6.45) is 6.13. The number of carbonyl (C=O) groups is 1. The Bertz CT molecular complexity index is 1590. The Hall–Kier alpha value is -4.24. The minimum Gasteiger partial charge on any atom is -0.451 e. The summed E-state index contributed by atoms with van der Waals surface area (Å²) in [4.78, 5) is 30.5. The van der Waals surface area contributed by atoms with Crippen molar-refractivity contribution in [2.45, 2.75) is 19.0 Å². The van der Waals surface area contributed by atoms with Gasteiger partial charge >= 0.3 is 0 Å². The van der Waals surface area contributed by atoms with Crippen molar-refractivity contribution in [1.82, 2.24) is 9.47 Å². The van der Waals surface area contributed by atoms with Crippen LogP contribution >= 0.6 is 0 Å². The first-order valence-electron chi connectivity index (χ1n) is 12.3. The van der Waals surface area contributed by atoms with Gasteiger partial charge in [0.2, 0.25) is 5.43 Å². The van der Waals surface area contributed by atoms with E-state index in [1.54, 1.807) is 23.9 Å². The Morgan fingerprint density at radius 3 is 2.76 bits per heavy atom. The lowest BCUT2D eigenvalue weighted by Crippen LogP contribution is -2.41. The summed E-state index contributed by atoms with van der Waals surface area (Å²) < 4.78 is 25.6. The van der Waals surface area contributed by atoms with Gasteiger partial charge in [0.05, 0.1) is 17.6 Å². The number of aromatic nitrogens is 2. The number of para-hydroxylation sites is 2. The lowest BCUT2D eigenvalue weighted by atomic mass is 10.1. The predicted octanol–water partition coefficient (Wildman–Crippen LogP) is 2.83. The number of amides is 1. The van der Waals surface area contributed by atoms with Gasteiger partial charge in [-0.25, -0.2) is 8.96 Å². The van der Waals surface area contributed by atoms with Gasteiger partial charge in [0.15, 0.2) is 36.3 Å². The summed E-state index contributed by atoms with van der Waals surface area (Å²) in [7, 11) is 1.66. The molecule has 1 saturated heterocycles. The number of likely N-dealkylation sites (N-methyl/N-ethyl adjacent to an activating group) is 1. The van der Waals surface area contributed by atoms with Crippen LogP contribution in [0.15, 0.2) is 71.9 Å². The summed E-state index contributed by atoms with van der Waals surface area (Å²) in [5.41, 5.74) is 6.96. The standard InChI is InChI=1S/C28H27FN5O3/c1-31(13-14-32-10-5-2-6-11-32)28(36)20-17-34-22-7-3-4-8-23(22)37-27-24(34)19(26(20)35)15-21(29)25(27)33-12-9-18(30)16-33/h2-8,10-11,15,17-18H,9,12-14,16,30H2,1H3/q+1. The molecule has 1 fully saturated rings. The van der Waals surface area contributed by atoms with E-state index in [2.05, 4.69) is 0 Å². The molecule has 2 aromatic heterocycles. The molecule has 0 radical (unpaired) electrons. The van der Waals surface area contributed by atoms with Gasteiger partial charge in [0.25, 0.3) is 5.91 Å². The zero-order valence-corrected chi connectivity index (χ0v) is 20.4. The molecular formula is C28H27FN5O3+. The second kappa shape index (κ2) is 9.01. The van der Waals surface area contributed by atoms with Gasteiger partial charge in [-0.05, 0) is 24.6 Å². The van der Waals surface area contributed by atoms with Gasteiger partial charge in [-0.15, -0.1) is 0 Å². The highest BCUT2D eigenvalue weighted by Gasteiger charge is 2.33. The van der Waals surface area contributed by atoms with Crippen molar-refractivity contribution in [1.29, 1.82) is 0 Å². The van der Waals surface area contributed by atoms with Crippen LogP contribution in [-0.2, 0) is 6.54 Å². The number of benzene rings is 2. The molecule has 0 aliphatic carbocycles. The number of hydrogen-bond acceptors (Lipinski definition) is 5. The normalized spacial score (nSPS) is 16.0. The number of rotatable bonds is 5. The number of hydrogen-bond donors (Lipinski definition) is 1. The highest BCUT2D eigenvalue weighted by Crippen LogP contribution is 2.47. The molecule has 1 amide bonds. The number of anilines is 1. The number of halogens is 1. The maximum absolute atomic E-state index is 15.6. The quantitative estimate of drug-likeness (QED) is 0.375. The Morgan fingerprint density at radius 2 is 2.00 bits per heavy atom. The highest BCUT2D eigenvalue weighted by molar-refractivity contribution is 6.01. The first-order chi connectivity index (χ1) is 17.9. The fourth-order valence-electron chi connectivity index (χ4n) is 5.15. The molecule has 2 aliphatic rings. The van der Waals surface area contributed by atoms with Gasteiger partial charge in [-0.3, -0.25) is 9.59 Å². The summed E-state index contributed by atoms with van der Waals surface area (Å²) in [6.45, 7) is 2.05. The summed E-state index contributed by atoms with van der Waals surface area (Å²) in [5.74, 6) is -0.207. The van der Waals surface area contributed by atoms with E-state index in [4.69, 9.17) is 10.5 Å². The average Bonchev–Trinajstić information content (AvgIpc) is 3.34. The molecule has 4 heterocycles. The van der Waals surface area contributed by atoms with Crippen molar-refractivity contribution < 1.29 is 18.5 Å². The number of ether oxygens (including phenoxy) is 1. The Morgan fingerprint density at radius 1 is 1.22 bits per heavy atom. The van der Waals surface area contributed by atoms with E-state index in [-0.39, 0.29) is 22.7 Å². The summed E-state index contributed by atoms with van der Waals surface area (Å²) >= 11 is 0. The predicted molar refractivity (Wildman–Crippen MR) is 138 cm³/mol. The Labute approximate surface area is 212 Å². The average molecular weight is 501 g/mol. The molecule has 2 aromatic carbocycles. The highest BCUT2D eigenvalue weighted by atomic mass is 19.1. The molecule has 1 atom stereocenters. The zero-order chi connectivity index (χ0) is 25.7. The van der Waals surface area contributed by atoms with Crippen LogP contribution in [0.4, 0.5) is 10.1 Å². The lowest BCUT2D eigenvalue weighted by Gasteiger charge is -2.29. The second-order valence-electron chi connectivity index (χ2n) is 9.58. The third-order valence-electron chi connectivity index (χ3n) is 7.10. The molecular weight excluding hydrogens is 473 g/mol. The smallest absolute Gasteiger partial charge is 0.259 e. The second-order valence-corrected chi connectivity index (χ2v) is 9.58. The first-order valence-corrected chi connectivity index (χ1v) is 12.3. The minimum atomic E-state index is -0.571. The SMILES string of the molecule is CN(CC[n+]1ccccc1)C(=O)c1cn2c3c(c(N4CCC(N)C4)c(F)cc3c1=O)Oc1ccccc1-2. The van der Waals surface area contributed by atoms with Crippen molar-refractivity contribution in [2.75, 3.05) is 31.6 Å². The summed E-state index contributed by atoms with van der Waals surface area (Å²) in [6, 6.07) is 14.2. The number of fused-ring (bicyclic) bond motifs is 2. The third-order valence-corrected chi connectivity index (χ3v) is 7.10. The van der Waals surface area contributed by atoms with Gasteiger partial charge in [0, 0.05) is 44.5 Å². The molecule has 8 nitrogen and oxygen atoms in total. The lowest BCUT2D eigenvalue weighted by molar-refractivity contribution is -0.696. The van der Waals surface area contributed by atoms with E-state index in [1.807, 2.05) is 58.3 Å². The van der Waals surface area contributed by atoms with Crippen LogP contribution in [0, 0.1) is 5.82 Å². The molecule has 0 spiro atoms. The number of carbonyl (C=O) groups excluding carboxylic acids is 1. The molecule has 6 rings (SSSR count).